The molecular formula is C26H31N3O5. The summed E-state index contributed by atoms with van der Waals surface area (Å²) in [7, 11) is 1.71. The van der Waals surface area contributed by atoms with Gasteiger partial charge in [0.25, 0.3) is 11.8 Å². The summed E-state index contributed by atoms with van der Waals surface area (Å²) in [5.41, 5.74) is 1.27. The molecule has 1 aromatic carbocycles. The molecule has 180 valence electrons. The van der Waals surface area contributed by atoms with Gasteiger partial charge < -0.3 is 24.7 Å². The Morgan fingerprint density at radius 3 is 2.68 bits per heavy atom. The lowest BCUT2D eigenvalue weighted by Crippen LogP contribution is -2.50. The maximum absolute atomic E-state index is 13.4. The highest BCUT2D eigenvalue weighted by Gasteiger charge is 2.34. The summed E-state index contributed by atoms with van der Waals surface area (Å²) in [5.74, 6) is 5.00. The van der Waals surface area contributed by atoms with E-state index >= 15 is 0 Å². The number of rotatable bonds is 5. The minimum Gasteiger partial charge on any atom is -0.472 e. The second-order valence-corrected chi connectivity index (χ2v) is 8.70. The van der Waals surface area contributed by atoms with Crippen molar-refractivity contribution in [1.82, 2.24) is 14.8 Å². The quantitative estimate of drug-likeness (QED) is 0.653. The van der Waals surface area contributed by atoms with Gasteiger partial charge in [-0.3, -0.25) is 9.59 Å². The lowest BCUT2D eigenvalue weighted by atomic mass is 9.99. The number of carbonyl (C=O) groups is 2. The minimum atomic E-state index is -0.817. The monoisotopic (exact) mass is 465 g/mol. The zero-order valence-electron chi connectivity index (χ0n) is 19.9. The van der Waals surface area contributed by atoms with E-state index in [1.54, 1.807) is 48.9 Å². The Hall–Kier alpha value is -3.41. The largest absolute Gasteiger partial charge is 0.472 e. The third-order valence-electron chi connectivity index (χ3n) is 5.77. The van der Waals surface area contributed by atoms with Gasteiger partial charge in [0, 0.05) is 36.8 Å². The molecule has 3 rings (SSSR count). The first-order valence-electron chi connectivity index (χ1n) is 11.3. The summed E-state index contributed by atoms with van der Waals surface area (Å²) in [6.45, 7) is 5.70. The number of likely N-dealkylation sites (N-methyl/N-ethyl adjacent to an activating group) is 1. The Morgan fingerprint density at radius 1 is 1.32 bits per heavy atom. The second-order valence-electron chi connectivity index (χ2n) is 8.70. The second kappa shape index (κ2) is 11.1. The Bertz CT molecular complexity index is 1080. The van der Waals surface area contributed by atoms with Crippen molar-refractivity contribution in [3.63, 3.8) is 0 Å². The summed E-state index contributed by atoms with van der Waals surface area (Å²) < 4.78 is 6.21. The number of hydrogen-bond acceptors (Lipinski definition) is 6. The third kappa shape index (κ3) is 5.93. The van der Waals surface area contributed by atoms with Gasteiger partial charge in [0.1, 0.15) is 17.8 Å². The highest BCUT2D eigenvalue weighted by Crippen LogP contribution is 2.27. The fourth-order valence-electron chi connectivity index (χ4n) is 3.73. The van der Waals surface area contributed by atoms with Crippen molar-refractivity contribution in [3.05, 3.63) is 59.3 Å². The van der Waals surface area contributed by atoms with Crippen LogP contribution in [-0.2, 0) is 0 Å². The number of fused-ring (bicyclic) bond motifs is 1. The van der Waals surface area contributed by atoms with E-state index in [4.69, 9.17) is 4.74 Å². The van der Waals surface area contributed by atoms with E-state index in [9.17, 15) is 19.8 Å². The Labute approximate surface area is 200 Å². The number of benzene rings is 1. The van der Waals surface area contributed by atoms with E-state index < -0.39 is 18.2 Å². The van der Waals surface area contributed by atoms with E-state index in [2.05, 4.69) is 16.8 Å². The standard InChI is InChI=1S/C26H31N3O5/c1-17-14-29(18(2)16-30)26(33)22-12-20(11-10-19(3)31)13-27-24(22)34-23(17)15-28(4)25(32)21-8-6-5-7-9-21/h5-9,12-13,17-19,23,30-31H,14-16H2,1-4H3/t17-,18+,19+,23-/m0/s1. The Morgan fingerprint density at radius 2 is 2.03 bits per heavy atom. The molecule has 2 amide bonds. The number of aromatic nitrogens is 1. The molecule has 2 N–H and O–H groups in total. The van der Waals surface area contributed by atoms with Gasteiger partial charge in [-0.2, -0.15) is 0 Å². The predicted octanol–water partition coefficient (Wildman–Crippen LogP) is 1.81. The van der Waals surface area contributed by atoms with E-state index in [0.29, 0.717) is 17.7 Å². The zero-order valence-corrected chi connectivity index (χ0v) is 19.9. The van der Waals surface area contributed by atoms with Gasteiger partial charge in [0.2, 0.25) is 5.88 Å². The summed E-state index contributed by atoms with van der Waals surface area (Å²) in [5, 5.41) is 19.2. The van der Waals surface area contributed by atoms with E-state index in [0.717, 1.165) is 0 Å². The number of amides is 2. The smallest absolute Gasteiger partial charge is 0.259 e. The van der Waals surface area contributed by atoms with Gasteiger partial charge in [-0.25, -0.2) is 4.98 Å². The highest BCUT2D eigenvalue weighted by molar-refractivity contribution is 5.97. The first-order valence-corrected chi connectivity index (χ1v) is 11.3. The number of carbonyl (C=O) groups excluding carboxylic acids is 2. The molecule has 2 aromatic rings. The van der Waals surface area contributed by atoms with Gasteiger partial charge in [-0.05, 0) is 32.0 Å². The molecule has 2 heterocycles. The van der Waals surface area contributed by atoms with Crippen molar-refractivity contribution in [1.29, 1.82) is 0 Å². The zero-order chi connectivity index (χ0) is 24.8. The molecule has 1 aliphatic rings. The molecule has 8 heteroatoms. The summed E-state index contributed by atoms with van der Waals surface area (Å²) in [6, 6.07) is 10.2. The van der Waals surface area contributed by atoms with Crippen LogP contribution in [0.15, 0.2) is 42.6 Å². The average Bonchev–Trinajstić information content (AvgIpc) is 2.84. The van der Waals surface area contributed by atoms with Gasteiger partial charge in [0.15, 0.2) is 0 Å². The van der Waals surface area contributed by atoms with Crippen LogP contribution in [0.1, 0.15) is 47.1 Å². The van der Waals surface area contributed by atoms with Gasteiger partial charge in [-0.15, -0.1) is 0 Å². The van der Waals surface area contributed by atoms with Gasteiger partial charge >= 0.3 is 0 Å². The summed E-state index contributed by atoms with van der Waals surface area (Å²) in [4.78, 5) is 33.8. The van der Waals surface area contributed by atoms with Crippen LogP contribution in [0.4, 0.5) is 0 Å². The number of aliphatic hydroxyl groups excluding tert-OH is 2. The molecular weight excluding hydrogens is 434 g/mol. The SMILES string of the molecule is C[C@H](CO)N1C[C@H](C)[C@H](CN(C)C(=O)c2ccccc2)Oc2ncc(C#C[C@@H](C)O)cc2C1=O. The van der Waals surface area contributed by atoms with Crippen LogP contribution >= 0.6 is 0 Å². The van der Waals surface area contributed by atoms with Crippen LogP contribution in [0.5, 0.6) is 5.88 Å². The van der Waals surface area contributed by atoms with E-state index in [1.807, 2.05) is 25.1 Å². The molecule has 0 saturated carbocycles. The van der Waals surface area contributed by atoms with Crippen molar-refractivity contribution < 1.29 is 24.5 Å². The normalized spacial score (nSPS) is 19.5. The number of nitrogens with zero attached hydrogens (tertiary/aromatic N) is 3. The predicted molar refractivity (Wildman–Crippen MR) is 127 cm³/mol. The fourth-order valence-corrected chi connectivity index (χ4v) is 3.73. The number of aliphatic hydroxyl groups is 2. The van der Waals surface area contributed by atoms with Crippen molar-refractivity contribution in [2.24, 2.45) is 5.92 Å². The Balaban J connectivity index is 1.95. The maximum Gasteiger partial charge on any atom is 0.259 e. The molecule has 0 saturated heterocycles. The molecule has 4 atom stereocenters. The first-order chi connectivity index (χ1) is 16.2. The highest BCUT2D eigenvalue weighted by atomic mass is 16.5. The molecule has 0 bridgehead atoms. The topological polar surface area (TPSA) is 103 Å². The molecule has 0 fully saturated rings. The van der Waals surface area contributed by atoms with Crippen LogP contribution < -0.4 is 4.74 Å². The molecule has 8 nitrogen and oxygen atoms in total. The number of pyridine rings is 1. The summed E-state index contributed by atoms with van der Waals surface area (Å²) in [6.07, 6.45) is 0.228. The molecule has 1 aliphatic heterocycles. The molecule has 0 unspecified atom stereocenters. The maximum atomic E-state index is 13.4. The van der Waals surface area contributed by atoms with Crippen molar-refractivity contribution in [2.75, 3.05) is 26.7 Å². The van der Waals surface area contributed by atoms with Crippen LogP contribution in [-0.4, -0.2) is 81.8 Å². The molecule has 34 heavy (non-hydrogen) atoms. The minimum absolute atomic E-state index is 0.132. The van der Waals surface area contributed by atoms with E-state index in [1.165, 1.54) is 6.20 Å². The van der Waals surface area contributed by atoms with Crippen LogP contribution in [0, 0.1) is 17.8 Å². The molecule has 0 spiro atoms. The van der Waals surface area contributed by atoms with Crippen LogP contribution in [0.3, 0.4) is 0 Å². The lowest BCUT2D eigenvalue weighted by molar-refractivity contribution is 0.0313. The molecule has 1 aromatic heterocycles. The molecule has 0 aliphatic carbocycles. The number of ether oxygens (including phenoxy) is 1. The van der Waals surface area contributed by atoms with Crippen molar-refractivity contribution in [3.8, 4) is 17.7 Å². The van der Waals surface area contributed by atoms with Gasteiger partial charge in [-0.1, -0.05) is 37.0 Å². The number of hydrogen-bond donors (Lipinski definition) is 2. The fraction of sp³-hybridized carbons (Fsp3) is 0.423. The van der Waals surface area contributed by atoms with Crippen molar-refractivity contribution >= 4 is 11.8 Å². The van der Waals surface area contributed by atoms with Gasteiger partial charge in [0.05, 0.1) is 19.2 Å². The lowest BCUT2D eigenvalue weighted by Gasteiger charge is -2.37. The van der Waals surface area contributed by atoms with E-state index in [-0.39, 0.29) is 42.3 Å². The summed E-state index contributed by atoms with van der Waals surface area (Å²) >= 11 is 0. The van der Waals surface area contributed by atoms with Crippen LogP contribution in [0.2, 0.25) is 0 Å². The van der Waals surface area contributed by atoms with Crippen LogP contribution in [0.25, 0.3) is 0 Å². The molecule has 0 radical (unpaired) electrons. The Kier molecular flexibility index (Phi) is 8.26. The first kappa shape index (κ1) is 25.2. The van der Waals surface area contributed by atoms with Crippen molar-refractivity contribution in [2.45, 2.75) is 39.0 Å². The third-order valence-corrected chi connectivity index (χ3v) is 5.77. The average molecular weight is 466 g/mol.